The number of hydrogen-bond acceptors (Lipinski definition) is 3. The largest absolute Gasteiger partial charge is 0.316 e. The quantitative estimate of drug-likeness (QED) is 0.514. The maximum atomic E-state index is 12.1. The normalized spacial score (nSPS) is 10.2. The van der Waals surface area contributed by atoms with Crippen molar-refractivity contribution in [1.82, 2.24) is 0 Å². The fraction of sp³-hybridized carbons (Fsp3) is 0.133. The lowest BCUT2D eigenvalue weighted by atomic mass is 10.1. The third kappa shape index (κ3) is 3.66. The molecule has 0 aliphatic carbocycles. The molecule has 21 heavy (non-hydrogen) atoms. The SMILES string of the molecule is Cc1ccc(NC(=O)c2ccc(CBr)cc2)c([N+](=O)[O-])c1. The molecule has 5 nitrogen and oxygen atoms in total. The first kappa shape index (κ1) is 15.2. The first-order chi connectivity index (χ1) is 10.0. The summed E-state index contributed by atoms with van der Waals surface area (Å²) in [6, 6.07) is 11.7. The molecule has 2 rings (SSSR count). The third-order valence-electron chi connectivity index (χ3n) is 2.97. The molecule has 0 unspecified atom stereocenters. The Kier molecular flexibility index (Phi) is 4.70. The number of carbonyl (C=O) groups excluding carboxylic acids is 1. The van der Waals surface area contributed by atoms with Crippen LogP contribution in [-0.2, 0) is 5.33 Å². The van der Waals surface area contributed by atoms with E-state index in [1.807, 2.05) is 12.1 Å². The van der Waals surface area contributed by atoms with Gasteiger partial charge in [0.15, 0.2) is 0 Å². The minimum atomic E-state index is -0.503. The van der Waals surface area contributed by atoms with Gasteiger partial charge in [-0.3, -0.25) is 14.9 Å². The van der Waals surface area contributed by atoms with Crippen LogP contribution in [0, 0.1) is 17.0 Å². The van der Waals surface area contributed by atoms with Crippen molar-refractivity contribution >= 4 is 33.2 Å². The first-order valence-corrected chi connectivity index (χ1v) is 7.34. The highest BCUT2D eigenvalue weighted by Crippen LogP contribution is 2.25. The molecule has 2 aromatic rings. The number of anilines is 1. The Morgan fingerprint density at radius 3 is 2.48 bits per heavy atom. The van der Waals surface area contributed by atoms with Crippen molar-refractivity contribution in [2.45, 2.75) is 12.3 Å². The van der Waals surface area contributed by atoms with E-state index < -0.39 is 4.92 Å². The lowest BCUT2D eigenvalue weighted by molar-refractivity contribution is -0.384. The molecule has 0 spiro atoms. The summed E-state index contributed by atoms with van der Waals surface area (Å²) in [5.74, 6) is -0.372. The van der Waals surface area contributed by atoms with E-state index in [1.54, 1.807) is 25.1 Å². The standard InChI is InChI=1S/C15H13BrN2O3/c1-10-2-7-13(14(8-10)18(20)21)17-15(19)12-5-3-11(9-16)4-6-12/h2-8H,9H2,1H3,(H,17,19). The topological polar surface area (TPSA) is 72.2 Å². The van der Waals surface area contributed by atoms with Gasteiger partial charge in [-0.2, -0.15) is 0 Å². The molecule has 0 aliphatic rings. The molecule has 0 fully saturated rings. The van der Waals surface area contributed by atoms with Gasteiger partial charge in [-0.15, -0.1) is 0 Å². The number of nitro benzene ring substituents is 1. The summed E-state index contributed by atoms with van der Waals surface area (Å²) in [7, 11) is 0. The van der Waals surface area contributed by atoms with Crippen LogP contribution in [0.4, 0.5) is 11.4 Å². The molecule has 108 valence electrons. The lowest BCUT2D eigenvalue weighted by Crippen LogP contribution is -2.13. The number of nitro groups is 1. The van der Waals surface area contributed by atoms with E-state index >= 15 is 0 Å². The van der Waals surface area contributed by atoms with Gasteiger partial charge in [0.2, 0.25) is 0 Å². The van der Waals surface area contributed by atoms with Crippen LogP contribution in [0.25, 0.3) is 0 Å². The van der Waals surface area contributed by atoms with Crippen LogP contribution in [0.15, 0.2) is 42.5 Å². The second-order valence-electron chi connectivity index (χ2n) is 4.56. The maximum absolute atomic E-state index is 12.1. The Morgan fingerprint density at radius 1 is 1.24 bits per heavy atom. The molecular formula is C15H13BrN2O3. The molecule has 0 saturated carbocycles. The molecule has 2 aromatic carbocycles. The highest BCUT2D eigenvalue weighted by atomic mass is 79.9. The van der Waals surface area contributed by atoms with Gasteiger partial charge in [-0.05, 0) is 36.2 Å². The fourth-order valence-corrected chi connectivity index (χ4v) is 2.21. The number of amides is 1. The van der Waals surface area contributed by atoms with Gasteiger partial charge in [0.25, 0.3) is 11.6 Å². The van der Waals surface area contributed by atoms with E-state index in [0.29, 0.717) is 10.9 Å². The summed E-state index contributed by atoms with van der Waals surface area (Å²) in [5, 5.41) is 14.3. The number of aryl methyl sites for hydroxylation is 1. The van der Waals surface area contributed by atoms with E-state index in [2.05, 4.69) is 21.2 Å². The van der Waals surface area contributed by atoms with Crippen molar-refractivity contribution in [2.24, 2.45) is 0 Å². The number of hydrogen-bond donors (Lipinski definition) is 1. The van der Waals surface area contributed by atoms with E-state index in [0.717, 1.165) is 11.1 Å². The summed E-state index contributed by atoms with van der Waals surface area (Å²) in [4.78, 5) is 22.6. The Bertz CT molecular complexity index is 684. The van der Waals surface area contributed by atoms with Gasteiger partial charge in [0.1, 0.15) is 5.69 Å². The average Bonchev–Trinajstić information content (AvgIpc) is 2.49. The average molecular weight is 349 g/mol. The van der Waals surface area contributed by atoms with E-state index in [9.17, 15) is 14.9 Å². The zero-order chi connectivity index (χ0) is 15.4. The van der Waals surface area contributed by atoms with Crippen molar-refractivity contribution in [3.8, 4) is 0 Å². The minimum Gasteiger partial charge on any atom is -0.316 e. The molecule has 6 heteroatoms. The summed E-state index contributed by atoms with van der Waals surface area (Å²) in [6.07, 6.45) is 0. The Morgan fingerprint density at radius 2 is 1.90 bits per heavy atom. The molecule has 0 radical (unpaired) electrons. The number of carbonyl (C=O) groups is 1. The highest BCUT2D eigenvalue weighted by Gasteiger charge is 2.16. The van der Waals surface area contributed by atoms with Crippen molar-refractivity contribution in [1.29, 1.82) is 0 Å². The van der Waals surface area contributed by atoms with Gasteiger partial charge < -0.3 is 5.32 Å². The lowest BCUT2D eigenvalue weighted by Gasteiger charge is -2.07. The van der Waals surface area contributed by atoms with Crippen molar-refractivity contribution in [3.63, 3.8) is 0 Å². The molecule has 1 N–H and O–H groups in total. The van der Waals surface area contributed by atoms with E-state index in [-0.39, 0.29) is 17.3 Å². The molecule has 0 saturated heterocycles. The van der Waals surface area contributed by atoms with Gasteiger partial charge in [0.05, 0.1) is 4.92 Å². The van der Waals surface area contributed by atoms with Crippen LogP contribution in [0.3, 0.4) is 0 Å². The molecule has 0 bridgehead atoms. The van der Waals surface area contributed by atoms with E-state index in [4.69, 9.17) is 0 Å². The monoisotopic (exact) mass is 348 g/mol. The second-order valence-corrected chi connectivity index (χ2v) is 5.12. The van der Waals surface area contributed by atoms with Gasteiger partial charge in [-0.1, -0.05) is 34.1 Å². The molecule has 0 aliphatic heterocycles. The summed E-state index contributed by atoms with van der Waals surface area (Å²) >= 11 is 3.33. The predicted octanol–water partition coefficient (Wildman–Crippen LogP) is 4.05. The predicted molar refractivity (Wildman–Crippen MR) is 84.9 cm³/mol. The number of alkyl halides is 1. The van der Waals surface area contributed by atoms with Gasteiger partial charge in [0, 0.05) is 17.0 Å². The summed E-state index contributed by atoms with van der Waals surface area (Å²) in [5.41, 5.74) is 2.35. The van der Waals surface area contributed by atoms with Gasteiger partial charge >= 0.3 is 0 Å². The zero-order valence-corrected chi connectivity index (χ0v) is 12.9. The molecule has 1 amide bonds. The van der Waals surface area contributed by atoms with Crippen LogP contribution in [0.5, 0.6) is 0 Å². The van der Waals surface area contributed by atoms with Crippen molar-refractivity contribution < 1.29 is 9.72 Å². The van der Waals surface area contributed by atoms with Crippen molar-refractivity contribution in [3.05, 3.63) is 69.3 Å². The number of nitrogens with zero attached hydrogens (tertiary/aromatic N) is 1. The van der Waals surface area contributed by atoms with Crippen molar-refractivity contribution in [2.75, 3.05) is 5.32 Å². The Labute approximate surface area is 130 Å². The molecule has 0 heterocycles. The smallest absolute Gasteiger partial charge is 0.293 e. The number of nitrogens with one attached hydrogen (secondary N) is 1. The molecule has 0 atom stereocenters. The van der Waals surface area contributed by atoms with Gasteiger partial charge in [-0.25, -0.2) is 0 Å². The maximum Gasteiger partial charge on any atom is 0.293 e. The third-order valence-corrected chi connectivity index (χ3v) is 3.62. The zero-order valence-electron chi connectivity index (χ0n) is 11.3. The van der Waals surface area contributed by atoms with E-state index in [1.165, 1.54) is 12.1 Å². The fourth-order valence-electron chi connectivity index (χ4n) is 1.84. The summed E-state index contributed by atoms with van der Waals surface area (Å²) in [6.45, 7) is 1.76. The van der Waals surface area contributed by atoms with Crippen LogP contribution in [-0.4, -0.2) is 10.8 Å². The summed E-state index contributed by atoms with van der Waals surface area (Å²) < 4.78 is 0. The Balaban J connectivity index is 2.24. The number of rotatable bonds is 4. The number of halogens is 1. The number of benzene rings is 2. The molecular weight excluding hydrogens is 336 g/mol. The molecule has 0 aromatic heterocycles. The van der Waals surface area contributed by atoms with Crippen LogP contribution < -0.4 is 5.32 Å². The van der Waals surface area contributed by atoms with Crippen LogP contribution in [0.2, 0.25) is 0 Å². The minimum absolute atomic E-state index is 0.111. The van der Waals surface area contributed by atoms with Crippen LogP contribution in [0.1, 0.15) is 21.5 Å². The Hall–Kier alpha value is -2.21. The second kappa shape index (κ2) is 6.49. The van der Waals surface area contributed by atoms with Crippen LogP contribution >= 0.6 is 15.9 Å². The first-order valence-electron chi connectivity index (χ1n) is 6.22. The highest BCUT2D eigenvalue weighted by molar-refractivity contribution is 9.08.